The Kier molecular flexibility index (Phi) is 6.15. The second-order valence-electron chi connectivity index (χ2n) is 8.32. The number of carbonyl (C=O) groups is 2. The standard InChI is InChI=1S/C22H31N3O3/c26-21(16-24-12-6-1-2-7-13-24)25-15-19(28-18-8-4-3-5-9-18)14-20(25)22(27)23-17-10-11-17/h3-5,8-9,17,19-20H,1-2,6-7,10-16H2,(H,23,27). The Morgan fingerprint density at radius 1 is 1.04 bits per heavy atom. The summed E-state index contributed by atoms with van der Waals surface area (Å²) in [5.41, 5.74) is 0. The maximum atomic E-state index is 13.1. The van der Waals surface area contributed by atoms with Crippen molar-refractivity contribution in [2.75, 3.05) is 26.2 Å². The van der Waals surface area contributed by atoms with Crippen LogP contribution in [0.5, 0.6) is 5.75 Å². The molecule has 1 aromatic carbocycles. The van der Waals surface area contributed by atoms with E-state index in [-0.39, 0.29) is 17.9 Å². The molecule has 1 aliphatic carbocycles. The van der Waals surface area contributed by atoms with Crippen molar-refractivity contribution in [3.63, 3.8) is 0 Å². The van der Waals surface area contributed by atoms with Gasteiger partial charge in [0.1, 0.15) is 17.9 Å². The topological polar surface area (TPSA) is 61.9 Å². The van der Waals surface area contributed by atoms with Crippen LogP contribution < -0.4 is 10.1 Å². The van der Waals surface area contributed by atoms with Gasteiger partial charge in [-0.15, -0.1) is 0 Å². The van der Waals surface area contributed by atoms with Crippen LogP contribution in [0.2, 0.25) is 0 Å². The molecule has 2 saturated heterocycles. The van der Waals surface area contributed by atoms with Gasteiger partial charge in [-0.1, -0.05) is 31.0 Å². The molecule has 1 saturated carbocycles. The lowest BCUT2D eigenvalue weighted by Gasteiger charge is -2.27. The Labute approximate surface area is 167 Å². The van der Waals surface area contributed by atoms with E-state index in [1.807, 2.05) is 30.3 Å². The predicted molar refractivity (Wildman–Crippen MR) is 107 cm³/mol. The van der Waals surface area contributed by atoms with Crippen LogP contribution >= 0.6 is 0 Å². The zero-order valence-electron chi connectivity index (χ0n) is 16.5. The Bertz CT molecular complexity index is 669. The first kappa shape index (κ1) is 19.2. The Hall–Kier alpha value is -2.08. The number of ether oxygens (including phenoxy) is 1. The molecule has 1 aromatic rings. The van der Waals surface area contributed by atoms with Crippen LogP contribution in [0.3, 0.4) is 0 Å². The van der Waals surface area contributed by atoms with Gasteiger partial charge in [0.05, 0.1) is 13.1 Å². The second-order valence-corrected chi connectivity index (χ2v) is 8.32. The molecule has 0 aromatic heterocycles. The van der Waals surface area contributed by atoms with Crippen molar-refractivity contribution in [3.8, 4) is 5.75 Å². The summed E-state index contributed by atoms with van der Waals surface area (Å²) < 4.78 is 6.08. The van der Waals surface area contributed by atoms with E-state index in [1.54, 1.807) is 4.90 Å². The van der Waals surface area contributed by atoms with Gasteiger partial charge >= 0.3 is 0 Å². The first-order chi connectivity index (χ1) is 13.7. The zero-order valence-corrected chi connectivity index (χ0v) is 16.5. The van der Waals surface area contributed by atoms with Gasteiger partial charge in [-0.05, 0) is 50.9 Å². The third-order valence-corrected chi connectivity index (χ3v) is 5.91. The number of likely N-dealkylation sites (tertiary alicyclic amines) is 2. The number of carbonyl (C=O) groups excluding carboxylic acids is 2. The number of benzene rings is 1. The van der Waals surface area contributed by atoms with E-state index in [0.29, 0.717) is 25.6 Å². The minimum Gasteiger partial charge on any atom is -0.488 e. The molecule has 0 bridgehead atoms. The van der Waals surface area contributed by atoms with Crippen molar-refractivity contribution >= 4 is 11.8 Å². The van der Waals surface area contributed by atoms with Crippen molar-refractivity contribution in [1.29, 1.82) is 0 Å². The van der Waals surface area contributed by atoms with Crippen LogP contribution in [0.4, 0.5) is 0 Å². The molecule has 152 valence electrons. The van der Waals surface area contributed by atoms with Crippen LogP contribution in [0.25, 0.3) is 0 Å². The monoisotopic (exact) mass is 385 g/mol. The average molecular weight is 386 g/mol. The third kappa shape index (κ3) is 5.04. The van der Waals surface area contributed by atoms with Gasteiger partial charge in [-0.25, -0.2) is 0 Å². The van der Waals surface area contributed by atoms with Crippen LogP contribution in [-0.4, -0.2) is 66.0 Å². The summed E-state index contributed by atoms with van der Waals surface area (Å²) >= 11 is 0. The smallest absolute Gasteiger partial charge is 0.243 e. The molecule has 6 nitrogen and oxygen atoms in total. The number of para-hydroxylation sites is 1. The van der Waals surface area contributed by atoms with E-state index in [2.05, 4.69) is 10.2 Å². The molecular formula is C22H31N3O3. The summed E-state index contributed by atoms with van der Waals surface area (Å²) in [6, 6.07) is 9.53. The lowest BCUT2D eigenvalue weighted by atomic mass is 10.1. The van der Waals surface area contributed by atoms with Crippen molar-refractivity contribution in [3.05, 3.63) is 30.3 Å². The molecule has 2 aliphatic heterocycles. The maximum Gasteiger partial charge on any atom is 0.243 e. The van der Waals surface area contributed by atoms with Crippen LogP contribution in [0.1, 0.15) is 44.9 Å². The van der Waals surface area contributed by atoms with Gasteiger partial charge in [-0.2, -0.15) is 0 Å². The summed E-state index contributed by atoms with van der Waals surface area (Å²) in [7, 11) is 0. The fourth-order valence-electron chi connectivity index (χ4n) is 4.20. The molecule has 0 radical (unpaired) electrons. The van der Waals surface area contributed by atoms with Crippen LogP contribution in [0, 0.1) is 0 Å². The molecule has 0 spiro atoms. The molecular weight excluding hydrogens is 354 g/mol. The second kappa shape index (κ2) is 8.95. The van der Waals surface area contributed by atoms with E-state index in [1.165, 1.54) is 12.8 Å². The summed E-state index contributed by atoms with van der Waals surface area (Å²) in [5.74, 6) is 0.818. The fourth-order valence-corrected chi connectivity index (χ4v) is 4.20. The largest absolute Gasteiger partial charge is 0.488 e. The van der Waals surface area contributed by atoms with Gasteiger partial charge in [0.2, 0.25) is 11.8 Å². The minimum absolute atomic E-state index is 0.0223. The lowest BCUT2D eigenvalue weighted by molar-refractivity contribution is -0.139. The zero-order chi connectivity index (χ0) is 19.3. The highest BCUT2D eigenvalue weighted by Gasteiger charge is 2.42. The van der Waals surface area contributed by atoms with Crippen molar-refractivity contribution < 1.29 is 14.3 Å². The molecule has 6 heteroatoms. The normalized spacial score (nSPS) is 25.9. The van der Waals surface area contributed by atoms with E-state index in [4.69, 9.17) is 4.74 Å². The number of nitrogens with one attached hydrogen (secondary N) is 1. The van der Waals surface area contributed by atoms with E-state index < -0.39 is 6.04 Å². The lowest BCUT2D eigenvalue weighted by Crippen LogP contribution is -2.49. The molecule has 3 fully saturated rings. The van der Waals surface area contributed by atoms with Gasteiger partial charge in [0.15, 0.2) is 0 Å². The number of rotatable bonds is 6. The molecule has 2 amide bonds. The maximum absolute atomic E-state index is 13.1. The van der Waals surface area contributed by atoms with Crippen LogP contribution in [0.15, 0.2) is 30.3 Å². The highest BCUT2D eigenvalue weighted by atomic mass is 16.5. The Morgan fingerprint density at radius 3 is 2.43 bits per heavy atom. The van der Waals surface area contributed by atoms with E-state index >= 15 is 0 Å². The molecule has 3 aliphatic rings. The summed E-state index contributed by atoms with van der Waals surface area (Å²) in [5, 5.41) is 3.08. The molecule has 1 N–H and O–H groups in total. The molecule has 28 heavy (non-hydrogen) atoms. The number of hydrogen-bond donors (Lipinski definition) is 1. The Morgan fingerprint density at radius 2 is 1.75 bits per heavy atom. The SMILES string of the molecule is O=C(NC1CC1)C1CC(Oc2ccccc2)CN1C(=O)CN1CCCCCC1. The number of nitrogens with zero attached hydrogens (tertiary/aromatic N) is 2. The number of amides is 2. The van der Waals surface area contributed by atoms with Crippen molar-refractivity contribution in [2.45, 2.75) is 63.1 Å². The van der Waals surface area contributed by atoms with Gasteiger partial charge < -0.3 is 15.0 Å². The summed E-state index contributed by atoms with van der Waals surface area (Å²) in [4.78, 5) is 29.9. The fraction of sp³-hybridized carbons (Fsp3) is 0.636. The van der Waals surface area contributed by atoms with Gasteiger partial charge in [0.25, 0.3) is 0 Å². The molecule has 2 unspecified atom stereocenters. The summed E-state index contributed by atoms with van der Waals surface area (Å²) in [6.07, 6.45) is 7.29. The number of hydrogen-bond acceptors (Lipinski definition) is 4. The first-order valence-electron chi connectivity index (χ1n) is 10.7. The summed E-state index contributed by atoms with van der Waals surface area (Å²) in [6.45, 7) is 2.83. The highest BCUT2D eigenvalue weighted by molar-refractivity contribution is 5.89. The first-order valence-corrected chi connectivity index (χ1v) is 10.7. The average Bonchev–Trinajstić information content (AvgIpc) is 3.46. The van der Waals surface area contributed by atoms with Crippen molar-refractivity contribution in [1.82, 2.24) is 15.1 Å². The minimum atomic E-state index is -0.422. The van der Waals surface area contributed by atoms with Crippen LogP contribution in [-0.2, 0) is 9.59 Å². The molecule has 2 heterocycles. The quantitative estimate of drug-likeness (QED) is 0.815. The third-order valence-electron chi connectivity index (χ3n) is 5.91. The van der Waals surface area contributed by atoms with Gasteiger partial charge in [-0.3, -0.25) is 14.5 Å². The Balaban J connectivity index is 1.41. The highest BCUT2D eigenvalue weighted by Crippen LogP contribution is 2.26. The van der Waals surface area contributed by atoms with Crippen molar-refractivity contribution in [2.24, 2.45) is 0 Å². The van der Waals surface area contributed by atoms with E-state index in [9.17, 15) is 9.59 Å². The van der Waals surface area contributed by atoms with Gasteiger partial charge in [0, 0.05) is 12.5 Å². The van der Waals surface area contributed by atoms with E-state index in [0.717, 1.165) is 44.5 Å². The molecule has 4 rings (SSSR count). The molecule has 2 atom stereocenters. The predicted octanol–water partition coefficient (Wildman–Crippen LogP) is 2.19.